The van der Waals surface area contributed by atoms with Gasteiger partial charge >= 0.3 is 0 Å². The van der Waals surface area contributed by atoms with E-state index in [0.717, 1.165) is 16.7 Å². The highest BCUT2D eigenvalue weighted by Gasteiger charge is 2.26. The fourth-order valence-corrected chi connectivity index (χ4v) is 2.73. The molecule has 0 heterocycles. The molecular weight excluding hydrogens is 307 g/mol. The Bertz CT molecular complexity index is 593. The molecule has 2 aromatic rings. The van der Waals surface area contributed by atoms with Crippen LogP contribution in [0.15, 0.2) is 46.9 Å². The van der Waals surface area contributed by atoms with E-state index in [0.29, 0.717) is 10.9 Å². The molecule has 0 aliphatic heterocycles. The second-order valence-corrected chi connectivity index (χ2v) is 5.77. The molecule has 0 aliphatic carbocycles. The zero-order valence-electron chi connectivity index (χ0n) is 11.0. The number of benzene rings is 2. The van der Waals surface area contributed by atoms with E-state index < -0.39 is 5.60 Å². The fraction of sp³-hybridized carbons (Fsp3) is 0.250. The molecule has 1 unspecified atom stereocenters. The normalized spacial score (nSPS) is 14.2. The van der Waals surface area contributed by atoms with E-state index in [-0.39, 0.29) is 5.82 Å². The lowest BCUT2D eigenvalue weighted by Gasteiger charge is -2.26. The zero-order valence-corrected chi connectivity index (χ0v) is 12.5. The summed E-state index contributed by atoms with van der Waals surface area (Å²) in [4.78, 5) is 0. The lowest BCUT2D eigenvalue weighted by Crippen LogP contribution is -2.25. The quantitative estimate of drug-likeness (QED) is 0.890. The van der Waals surface area contributed by atoms with Crippen molar-refractivity contribution < 1.29 is 9.50 Å². The molecule has 0 aromatic heterocycles. The third-order valence-electron chi connectivity index (χ3n) is 3.29. The zero-order chi connectivity index (χ0) is 14.0. The molecule has 0 aliphatic rings. The molecule has 19 heavy (non-hydrogen) atoms. The van der Waals surface area contributed by atoms with E-state index in [1.54, 1.807) is 13.0 Å². The number of aryl methyl sites for hydroxylation is 1. The minimum Gasteiger partial charge on any atom is -0.385 e. The Kier molecular flexibility index (Phi) is 4.07. The van der Waals surface area contributed by atoms with Gasteiger partial charge in [-0.2, -0.15) is 0 Å². The van der Waals surface area contributed by atoms with Crippen molar-refractivity contribution in [2.24, 2.45) is 0 Å². The molecule has 100 valence electrons. The van der Waals surface area contributed by atoms with Crippen LogP contribution in [0.4, 0.5) is 4.39 Å². The van der Waals surface area contributed by atoms with Gasteiger partial charge in [0.1, 0.15) is 5.82 Å². The molecule has 0 saturated heterocycles. The third-order valence-corrected chi connectivity index (χ3v) is 4.18. The first-order valence-electron chi connectivity index (χ1n) is 6.13. The number of rotatable bonds is 3. The number of aliphatic hydroxyl groups is 1. The summed E-state index contributed by atoms with van der Waals surface area (Å²) in [7, 11) is 0. The minimum absolute atomic E-state index is 0.307. The van der Waals surface area contributed by atoms with E-state index >= 15 is 0 Å². The molecule has 1 N–H and O–H groups in total. The van der Waals surface area contributed by atoms with Crippen LogP contribution in [0.2, 0.25) is 0 Å². The second kappa shape index (κ2) is 5.43. The van der Waals surface area contributed by atoms with Crippen molar-refractivity contribution in [3.8, 4) is 0 Å². The molecule has 0 amide bonds. The lowest BCUT2D eigenvalue weighted by atomic mass is 9.86. The largest absolute Gasteiger partial charge is 0.385 e. The molecule has 0 saturated carbocycles. The van der Waals surface area contributed by atoms with Gasteiger partial charge in [0, 0.05) is 6.42 Å². The van der Waals surface area contributed by atoms with Crippen LogP contribution in [0.3, 0.4) is 0 Å². The van der Waals surface area contributed by atoms with Crippen molar-refractivity contribution in [2.75, 3.05) is 0 Å². The average molecular weight is 323 g/mol. The minimum atomic E-state index is -1.03. The summed E-state index contributed by atoms with van der Waals surface area (Å²) in [6.07, 6.45) is 0.357. The van der Waals surface area contributed by atoms with Crippen LogP contribution in [0, 0.1) is 12.7 Å². The molecule has 0 bridgehead atoms. The predicted octanol–water partition coefficient (Wildman–Crippen LogP) is 4.35. The highest BCUT2D eigenvalue weighted by atomic mass is 79.9. The Hall–Kier alpha value is -1.19. The Morgan fingerprint density at radius 3 is 2.53 bits per heavy atom. The van der Waals surface area contributed by atoms with Crippen LogP contribution in [0.1, 0.15) is 23.6 Å². The van der Waals surface area contributed by atoms with E-state index in [4.69, 9.17) is 0 Å². The Morgan fingerprint density at radius 2 is 1.84 bits per heavy atom. The van der Waals surface area contributed by atoms with Gasteiger partial charge in [-0.05, 0) is 52.5 Å². The summed E-state index contributed by atoms with van der Waals surface area (Å²) in [5.41, 5.74) is 1.63. The van der Waals surface area contributed by atoms with Crippen molar-refractivity contribution in [1.29, 1.82) is 0 Å². The van der Waals surface area contributed by atoms with Gasteiger partial charge < -0.3 is 5.11 Å². The van der Waals surface area contributed by atoms with Crippen LogP contribution in [-0.2, 0) is 12.0 Å². The first kappa shape index (κ1) is 14.2. The summed E-state index contributed by atoms with van der Waals surface area (Å²) in [5, 5.41) is 10.7. The average Bonchev–Trinajstić information content (AvgIpc) is 2.35. The molecule has 0 spiro atoms. The van der Waals surface area contributed by atoms with Crippen LogP contribution < -0.4 is 0 Å². The van der Waals surface area contributed by atoms with E-state index in [1.807, 2.05) is 37.3 Å². The summed E-state index contributed by atoms with van der Waals surface area (Å²) in [5.74, 6) is -0.307. The van der Waals surface area contributed by atoms with Gasteiger partial charge in [0.25, 0.3) is 0 Å². The van der Waals surface area contributed by atoms with Gasteiger partial charge in [0.15, 0.2) is 0 Å². The van der Waals surface area contributed by atoms with E-state index in [9.17, 15) is 9.50 Å². The molecule has 2 aromatic carbocycles. The third kappa shape index (κ3) is 3.04. The maximum Gasteiger partial charge on any atom is 0.137 e. The van der Waals surface area contributed by atoms with E-state index in [2.05, 4.69) is 15.9 Å². The van der Waals surface area contributed by atoms with Crippen molar-refractivity contribution in [3.05, 3.63) is 69.4 Å². The van der Waals surface area contributed by atoms with E-state index in [1.165, 1.54) is 6.07 Å². The van der Waals surface area contributed by atoms with Gasteiger partial charge in [0.05, 0.1) is 10.1 Å². The van der Waals surface area contributed by atoms with Gasteiger partial charge in [-0.25, -0.2) is 4.39 Å². The molecular formula is C16H16BrFO. The molecule has 2 rings (SSSR count). The number of hydrogen-bond acceptors (Lipinski definition) is 1. The van der Waals surface area contributed by atoms with Gasteiger partial charge in [-0.15, -0.1) is 0 Å². The standard InChI is InChI=1S/C16H16BrFO/c1-11-6-3-4-8-13(11)16(2,19)10-12-7-5-9-14(18)15(12)17/h3-9,19H,10H2,1-2H3. The Labute approximate surface area is 121 Å². The second-order valence-electron chi connectivity index (χ2n) is 4.98. The molecule has 1 nitrogen and oxygen atoms in total. The highest BCUT2D eigenvalue weighted by molar-refractivity contribution is 9.10. The van der Waals surface area contributed by atoms with Crippen molar-refractivity contribution >= 4 is 15.9 Å². The first-order valence-corrected chi connectivity index (χ1v) is 6.92. The molecule has 3 heteroatoms. The van der Waals surface area contributed by atoms with Gasteiger partial charge in [-0.3, -0.25) is 0 Å². The summed E-state index contributed by atoms with van der Waals surface area (Å²) in [6.45, 7) is 3.72. The van der Waals surface area contributed by atoms with Crippen LogP contribution >= 0.6 is 15.9 Å². The number of halogens is 2. The smallest absolute Gasteiger partial charge is 0.137 e. The van der Waals surface area contributed by atoms with Gasteiger partial charge in [-0.1, -0.05) is 36.4 Å². The van der Waals surface area contributed by atoms with Crippen LogP contribution in [0.5, 0.6) is 0 Å². The Balaban J connectivity index is 2.36. The molecule has 0 fully saturated rings. The highest BCUT2D eigenvalue weighted by Crippen LogP contribution is 2.31. The van der Waals surface area contributed by atoms with Gasteiger partial charge in [0.2, 0.25) is 0 Å². The van der Waals surface area contributed by atoms with Crippen LogP contribution in [0.25, 0.3) is 0 Å². The summed E-state index contributed by atoms with van der Waals surface area (Å²) in [6, 6.07) is 12.6. The summed E-state index contributed by atoms with van der Waals surface area (Å²) >= 11 is 3.24. The van der Waals surface area contributed by atoms with Crippen molar-refractivity contribution in [3.63, 3.8) is 0 Å². The topological polar surface area (TPSA) is 20.2 Å². The van der Waals surface area contributed by atoms with Crippen molar-refractivity contribution in [2.45, 2.75) is 25.9 Å². The fourth-order valence-electron chi connectivity index (χ4n) is 2.33. The number of hydrogen-bond donors (Lipinski definition) is 1. The Morgan fingerprint density at radius 1 is 1.16 bits per heavy atom. The SMILES string of the molecule is Cc1ccccc1C(C)(O)Cc1cccc(F)c1Br. The molecule has 0 radical (unpaired) electrons. The summed E-state index contributed by atoms with van der Waals surface area (Å²) < 4.78 is 13.9. The van der Waals surface area contributed by atoms with Crippen LogP contribution in [-0.4, -0.2) is 5.11 Å². The lowest BCUT2D eigenvalue weighted by molar-refractivity contribution is 0.0567. The maximum atomic E-state index is 13.5. The first-order chi connectivity index (χ1) is 8.92. The molecule has 1 atom stereocenters. The van der Waals surface area contributed by atoms with Crippen molar-refractivity contribution in [1.82, 2.24) is 0 Å². The predicted molar refractivity (Wildman–Crippen MR) is 78.6 cm³/mol. The monoisotopic (exact) mass is 322 g/mol. The maximum absolute atomic E-state index is 13.5.